The Bertz CT molecular complexity index is 130. The van der Waals surface area contributed by atoms with Crippen molar-refractivity contribution in [1.82, 2.24) is 4.90 Å². The molecule has 1 unspecified atom stereocenters. The fraction of sp³-hybridized carbons (Fsp3) is 1.00. The quantitative estimate of drug-likeness (QED) is 0.684. The summed E-state index contributed by atoms with van der Waals surface area (Å²) in [5.41, 5.74) is 0. The molecular formula is C10H21NOS. The maximum absolute atomic E-state index is 5.74. The van der Waals surface area contributed by atoms with Crippen LogP contribution >= 0.6 is 12.6 Å². The molecule has 0 amide bonds. The van der Waals surface area contributed by atoms with Crippen LogP contribution in [0.1, 0.15) is 26.2 Å². The highest BCUT2D eigenvalue weighted by Gasteiger charge is 2.18. The molecular weight excluding hydrogens is 182 g/mol. The number of nitrogens with zero attached hydrogens (tertiary/aromatic N) is 1. The molecule has 0 N–H and O–H groups in total. The van der Waals surface area contributed by atoms with Crippen LogP contribution in [-0.2, 0) is 4.74 Å². The van der Waals surface area contributed by atoms with E-state index >= 15 is 0 Å². The van der Waals surface area contributed by atoms with E-state index in [1.54, 1.807) is 0 Å². The Morgan fingerprint density at radius 2 is 2.38 bits per heavy atom. The highest BCUT2D eigenvalue weighted by Crippen LogP contribution is 2.13. The lowest BCUT2D eigenvalue weighted by atomic mass is 10.1. The van der Waals surface area contributed by atoms with Crippen molar-refractivity contribution in [2.45, 2.75) is 32.3 Å². The first-order valence-corrected chi connectivity index (χ1v) is 5.95. The molecule has 0 aliphatic carbocycles. The predicted molar refractivity (Wildman–Crippen MR) is 59.6 cm³/mol. The summed E-state index contributed by atoms with van der Waals surface area (Å²) in [6, 6.07) is 0. The van der Waals surface area contributed by atoms with Crippen LogP contribution in [0.4, 0.5) is 0 Å². The summed E-state index contributed by atoms with van der Waals surface area (Å²) >= 11 is 4.25. The lowest BCUT2D eigenvalue weighted by molar-refractivity contribution is 0.00174. The van der Waals surface area contributed by atoms with Crippen molar-refractivity contribution in [2.24, 2.45) is 0 Å². The van der Waals surface area contributed by atoms with Crippen molar-refractivity contribution in [3.05, 3.63) is 0 Å². The van der Waals surface area contributed by atoms with Crippen molar-refractivity contribution in [2.75, 3.05) is 32.0 Å². The van der Waals surface area contributed by atoms with Crippen molar-refractivity contribution in [1.29, 1.82) is 0 Å². The van der Waals surface area contributed by atoms with Gasteiger partial charge in [-0.2, -0.15) is 12.6 Å². The van der Waals surface area contributed by atoms with Gasteiger partial charge in [-0.15, -0.1) is 0 Å². The molecule has 1 aliphatic rings. The monoisotopic (exact) mass is 203 g/mol. The van der Waals surface area contributed by atoms with E-state index in [9.17, 15) is 0 Å². The van der Waals surface area contributed by atoms with Gasteiger partial charge in [0.2, 0.25) is 0 Å². The molecule has 0 spiro atoms. The van der Waals surface area contributed by atoms with Gasteiger partial charge < -0.3 is 4.74 Å². The minimum absolute atomic E-state index is 0.480. The zero-order valence-electron chi connectivity index (χ0n) is 8.54. The van der Waals surface area contributed by atoms with Gasteiger partial charge in [0.15, 0.2) is 0 Å². The normalized spacial score (nSPS) is 24.9. The summed E-state index contributed by atoms with van der Waals surface area (Å²) in [4.78, 5) is 2.46. The summed E-state index contributed by atoms with van der Waals surface area (Å²) in [7, 11) is 0. The van der Waals surface area contributed by atoms with Gasteiger partial charge in [0.1, 0.15) is 0 Å². The number of ether oxygens (including phenoxy) is 1. The average molecular weight is 203 g/mol. The van der Waals surface area contributed by atoms with Crippen LogP contribution in [-0.4, -0.2) is 43.0 Å². The molecule has 2 nitrogen and oxygen atoms in total. The molecule has 0 aromatic rings. The van der Waals surface area contributed by atoms with Crippen molar-refractivity contribution < 1.29 is 4.74 Å². The third-order valence-corrected chi connectivity index (χ3v) is 2.64. The van der Waals surface area contributed by atoms with E-state index in [0.717, 1.165) is 31.9 Å². The molecule has 1 saturated heterocycles. The first kappa shape index (κ1) is 11.3. The van der Waals surface area contributed by atoms with Gasteiger partial charge in [-0.3, -0.25) is 4.90 Å². The Hall–Kier alpha value is 0.270. The van der Waals surface area contributed by atoms with E-state index < -0.39 is 0 Å². The highest BCUT2D eigenvalue weighted by molar-refractivity contribution is 7.80. The van der Waals surface area contributed by atoms with Gasteiger partial charge in [0.05, 0.1) is 6.10 Å². The summed E-state index contributed by atoms with van der Waals surface area (Å²) in [6.07, 6.45) is 4.13. The number of piperidine rings is 1. The Morgan fingerprint density at radius 3 is 3.08 bits per heavy atom. The average Bonchev–Trinajstić information content (AvgIpc) is 2.16. The van der Waals surface area contributed by atoms with E-state index in [2.05, 4.69) is 24.5 Å². The topological polar surface area (TPSA) is 12.5 Å². The van der Waals surface area contributed by atoms with E-state index in [0.29, 0.717) is 6.10 Å². The minimum Gasteiger partial charge on any atom is -0.377 e. The maximum atomic E-state index is 5.74. The molecule has 0 radical (unpaired) electrons. The summed E-state index contributed by atoms with van der Waals surface area (Å²) in [5, 5.41) is 0. The lowest BCUT2D eigenvalue weighted by Gasteiger charge is -2.32. The molecule has 0 aromatic carbocycles. The number of hydrogen-bond donors (Lipinski definition) is 1. The van der Waals surface area contributed by atoms with Crippen LogP contribution in [0, 0.1) is 0 Å². The van der Waals surface area contributed by atoms with Crippen LogP contribution in [0.25, 0.3) is 0 Å². The number of likely N-dealkylation sites (tertiary alicyclic amines) is 1. The van der Waals surface area contributed by atoms with Crippen LogP contribution in [0.5, 0.6) is 0 Å². The van der Waals surface area contributed by atoms with Gasteiger partial charge in [-0.25, -0.2) is 0 Å². The van der Waals surface area contributed by atoms with Crippen molar-refractivity contribution in [3.8, 4) is 0 Å². The van der Waals surface area contributed by atoms with Crippen molar-refractivity contribution in [3.63, 3.8) is 0 Å². The van der Waals surface area contributed by atoms with Gasteiger partial charge in [0, 0.05) is 25.4 Å². The fourth-order valence-corrected chi connectivity index (χ4v) is 2.06. The fourth-order valence-electron chi connectivity index (χ4n) is 1.78. The zero-order chi connectivity index (χ0) is 9.52. The smallest absolute Gasteiger partial charge is 0.0702 e. The molecule has 0 aromatic heterocycles. The standard InChI is InChI=1S/C10H21NOS/c1-2-7-12-10-4-3-5-11(9-10)6-8-13/h10,13H,2-9H2,1H3. The van der Waals surface area contributed by atoms with Crippen LogP contribution in [0.3, 0.4) is 0 Å². The first-order valence-electron chi connectivity index (χ1n) is 5.31. The van der Waals surface area contributed by atoms with E-state index in [4.69, 9.17) is 4.74 Å². The number of hydrogen-bond acceptors (Lipinski definition) is 3. The third-order valence-electron chi connectivity index (χ3n) is 2.44. The molecule has 1 rings (SSSR count). The van der Waals surface area contributed by atoms with Gasteiger partial charge >= 0.3 is 0 Å². The number of thiol groups is 1. The van der Waals surface area contributed by atoms with E-state index in [1.165, 1.54) is 19.4 Å². The van der Waals surface area contributed by atoms with Gasteiger partial charge in [-0.05, 0) is 25.8 Å². The second-order valence-electron chi connectivity index (χ2n) is 3.66. The Morgan fingerprint density at radius 1 is 1.54 bits per heavy atom. The molecule has 1 fully saturated rings. The molecule has 1 aliphatic heterocycles. The Balaban J connectivity index is 2.16. The second kappa shape index (κ2) is 6.68. The lowest BCUT2D eigenvalue weighted by Crippen LogP contribution is -2.40. The molecule has 1 atom stereocenters. The molecule has 1 heterocycles. The highest BCUT2D eigenvalue weighted by atomic mass is 32.1. The summed E-state index contributed by atoms with van der Waals surface area (Å²) in [5.74, 6) is 0.959. The van der Waals surface area contributed by atoms with Gasteiger partial charge in [0.25, 0.3) is 0 Å². The molecule has 13 heavy (non-hydrogen) atoms. The summed E-state index contributed by atoms with van der Waals surface area (Å²) < 4.78 is 5.74. The molecule has 78 valence electrons. The largest absolute Gasteiger partial charge is 0.377 e. The molecule has 0 saturated carbocycles. The minimum atomic E-state index is 0.480. The summed E-state index contributed by atoms with van der Waals surface area (Å²) in [6.45, 7) is 6.52. The number of rotatable bonds is 5. The second-order valence-corrected chi connectivity index (χ2v) is 4.11. The Labute approximate surface area is 87.0 Å². The molecule has 3 heteroatoms. The van der Waals surface area contributed by atoms with Crippen LogP contribution in [0.15, 0.2) is 0 Å². The maximum Gasteiger partial charge on any atom is 0.0702 e. The van der Waals surface area contributed by atoms with Gasteiger partial charge in [-0.1, -0.05) is 6.92 Å². The zero-order valence-corrected chi connectivity index (χ0v) is 9.43. The van der Waals surface area contributed by atoms with E-state index in [1.807, 2.05) is 0 Å². The Kier molecular flexibility index (Phi) is 5.83. The first-order chi connectivity index (χ1) is 6.36. The van der Waals surface area contributed by atoms with Crippen LogP contribution in [0.2, 0.25) is 0 Å². The predicted octanol–water partition coefficient (Wildman–Crippen LogP) is 1.81. The SMILES string of the molecule is CCCOC1CCCN(CCS)C1. The van der Waals surface area contributed by atoms with Crippen LogP contribution < -0.4 is 0 Å². The van der Waals surface area contributed by atoms with Crippen molar-refractivity contribution >= 4 is 12.6 Å². The van der Waals surface area contributed by atoms with E-state index in [-0.39, 0.29) is 0 Å². The third kappa shape index (κ3) is 4.34. The molecule has 0 bridgehead atoms.